The van der Waals surface area contributed by atoms with Crippen molar-refractivity contribution in [2.45, 2.75) is 0 Å². The van der Waals surface area contributed by atoms with Crippen LogP contribution in [0.15, 0.2) is 22.8 Å². The molecule has 3 heterocycles. The maximum atomic E-state index is 4.43. The molecule has 6 nitrogen and oxygen atoms in total. The van der Waals surface area contributed by atoms with Crippen molar-refractivity contribution >= 4 is 27.5 Å². The lowest BCUT2D eigenvalue weighted by Crippen LogP contribution is -2.47. The Hall–Kier alpha value is -1.18. The summed E-state index contributed by atoms with van der Waals surface area (Å²) in [6, 6.07) is 3.90. The number of anilines is 1. The lowest BCUT2D eigenvalue weighted by atomic mass is 10.4. The number of likely N-dealkylation sites (N-methyl/N-ethyl adjacent to an activating group) is 1. The van der Waals surface area contributed by atoms with Gasteiger partial charge in [0.05, 0.1) is 0 Å². The minimum atomic E-state index is 0.651. The fourth-order valence-electron chi connectivity index (χ4n) is 1.97. The Balaban J connectivity index is 1.74. The average molecular weight is 311 g/mol. The van der Waals surface area contributed by atoms with Crippen LogP contribution in [-0.2, 0) is 0 Å². The van der Waals surface area contributed by atoms with Gasteiger partial charge in [-0.2, -0.15) is 4.98 Å². The smallest absolute Gasteiger partial charge is 0.257 e. The van der Waals surface area contributed by atoms with Crippen LogP contribution >= 0.6 is 15.9 Å². The molecule has 7 heteroatoms. The number of nitrogens with zero attached hydrogens (tertiary/aromatic N) is 5. The number of hydrazine groups is 1. The molecule has 1 aliphatic heterocycles. The third kappa shape index (κ3) is 2.47. The number of piperazine rings is 1. The molecule has 0 bridgehead atoms. The topological polar surface area (TPSA) is 48.7 Å². The molecule has 0 atom stereocenters. The van der Waals surface area contributed by atoms with Crippen LogP contribution in [0.1, 0.15) is 0 Å². The molecule has 1 aliphatic rings. The van der Waals surface area contributed by atoms with Gasteiger partial charge in [-0.05, 0) is 35.1 Å². The third-order valence-corrected chi connectivity index (χ3v) is 3.53. The van der Waals surface area contributed by atoms with Crippen molar-refractivity contribution < 1.29 is 0 Å². The first-order valence-electron chi connectivity index (χ1n) is 5.93. The van der Waals surface area contributed by atoms with Crippen LogP contribution in [0.2, 0.25) is 0 Å². The highest BCUT2D eigenvalue weighted by atomic mass is 79.9. The van der Waals surface area contributed by atoms with Gasteiger partial charge in [0.25, 0.3) is 5.95 Å². The number of fused-ring (bicyclic) bond motifs is 1. The molecule has 0 aliphatic carbocycles. The summed E-state index contributed by atoms with van der Waals surface area (Å²) in [5, 5.41) is 6.55. The Morgan fingerprint density at radius 2 is 2.00 bits per heavy atom. The zero-order valence-electron chi connectivity index (χ0n) is 10.2. The SMILES string of the molecule is CN1CCN(Nc2nc3ccc(Br)cn3n2)CC1. The van der Waals surface area contributed by atoms with Gasteiger partial charge in [0.15, 0.2) is 5.65 Å². The molecule has 1 fully saturated rings. The number of hydrogen-bond acceptors (Lipinski definition) is 5. The predicted octanol–water partition coefficient (Wildman–Crippen LogP) is 1.07. The van der Waals surface area contributed by atoms with Crippen LogP contribution in [0.5, 0.6) is 0 Å². The zero-order valence-corrected chi connectivity index (χ0v) is 11.8. The first-order chi connectivity index (χ1) is 8.70. The summed E-state index contributed by atoms with van der Waals surface area (Å²) in [5.74, 6) is 0.651. The lowest BCUT2D eigenvalue weighted by Gasteiger charge is -2.31. The van der Waals surface area contributed by atoms with Crippen LogP contribution in [0.3, 0.4) is 0 Å². The van der Waals surface area contributed by atoms with Crippen molar-refractivity contribution in [3.8, 4) is 0 Å². The molecule has 3 rings (SSSR count). The summed E-state index contributed by atoms with van der Waals surface area (Å²) in [7, 11) is 2.14. The highest BCUT2D eigenvalue weighted by Crippen LogP contribution is 2.12. The molecular weight excluding hydrogens is 296 g/mol. The normalized spacial score (nSPS) is 18.3. The van der Waals surface area contributed by atoms with E-state index in [1.54, 1.807) is 4.52 Å². The van der Waals surface area contributed by atoms with Crippen LogP contribution in [0.4, 0.5) is 5.95 Å². The summed E-state index contributed by atoms with van der Waals surface area (Å²) in [5.41, 5.74) is 4.10. The summed E-state index contributed by atoms with van der Waals surface area (Å²) in [4.78, 5) is 6.74. The molecule has 18 heavy (non-hydrogen) atoms. The Morgan fingerprint density at radius 1 is 1.22 bits per heavy atom. The van der Waals surface area contributed by atoms with Gasteiger partial charge in [-0.1, -0.05) is 0 Å². The number of pyridine rings is 1. The van der Waals surface area contributed by atoms with E-state index in [9.17, 15) is 0 Å². The number of hydrogen-bond donors (Lipinski definition) is 1. The largest absolute Gasteiger partial charge is 0.304 e. The Labute approximate surface area is 114 Å². The summed E-state index contributed by atoms with van der Waals surface area (Å²) in [6.45, 7) is 4.09. The third-order valence-electron chi connectivity index (χ3n) is 3.06. The van der Waals surface area contributed by atoms with Crippen molar-refractivity contribution in [3.63, 3.8) is 0 Å². The molecule has 1 N–H and O–H groups in total. The van der Waals surface area contributed by atoms with E-state index in [0.717, 1.165) is 36.3 Å². The summed E-state index contributed by atoms with van der Waals surface area (Å²) >= 11 is 3.42. The van der Waals surface area contributed by atoms with Crippen molar-refractivity contribution in [1.82, 2.24) is 24.5 Å². The quantitative estimate of drug-likeness (QED) is 0.899. The van der Waals surface area contributed by atoms with Gasteiger partial charge in [0.1, 0.15) is 0 Å². The Bertz CT molecular complexity index is 545. The van der Waals surface area contributed by atoms with Gasteiger partial charge in [-0.25, -0.2) is 9.52 Å². The second-order valence-electron chi connectivity index (χ2n) is 4.49. The lowest BCUT2D eigenvalue weighted by molar-refractivity contribution is 0.178. The van der Waals surface area contributed by atoms with Crippen molar-refractivity contribution in [1.29, 1.82) is 0 Å². The van der Waals surface area contributed by atoms with Crippen molar-refractivity contribution in [2.24, 2.45) is 0 Å². The molecule has 2 aromatic heterocycles. The molecule has 2 aromatic rings. The molecule has 1 saturated heterocycles. The number of nitrogens with one attached hydrogen (secondary N) is 1. The van der Waals surface area contributed by atoms with Crippen LogP contribution in [-0.4, -0.2) is 57.7 Å². The van der Waals surface area contributed by atoms with Gasteiger partial charge in [-0.15, -0.1) is 5.10 Å². The maximum Gasteiger partial charge on any atom is 0.257 e. The van der Waals surface area contributed by atoms with E-state index >= 15 is 0 Å². The number of halogens is 1. The van der Waals surface area contributed by atoms with E-state index in [2.05, 4.69) is 48.4 Å². The molecule has 0 unspecified atom stereocenters. The van der Waals surface area contributed by atoms with Crippen molar-refractivity contribution in [3.05, 3.63) is 22.8 Å². The zero-order chi connectivity index (χ0) is 12.5. The minimum absolute atomic E-state index is 0.651. The van der Waals surface area contributed by atoms with E-state index in [4.69, 9.17) is 0 Å². The predicted molar refractivity (Wildman–Crippen MR) is 73.4 cm³/mol. The van der Waals surface area contributed by atoms with Crippen LogP contribution in [0.25, 0.3) is 5.65 Å². The van der Waals surface area contributed by atoms with E-state index < -0.39 is 0 Å². The molecular formula is C11H15BrN6. The maximum absolute atomic E-state index is 4.43. The highest BCUT2D eigenvalue weighted by Gasteiger charge is 2.15. The van der Waals surface area contributed by atoms with E-state index in [1.807, 2.05) is 18.3 Å². The van der Waals surface area contributed by atoms with Crippen molar-refractivity contribution in [2.75, 3.05) is 38.7 Å². The van der Waals surface area contributed by atoms with Gasteiger partial charge >= 0.3 is 0 Å². The van der Waals surface area contributed by atoms with Gasteiger partial charge < -0.3 is 4.90 Å². The monoisotopic (exact) mass is 310 g/mol. The fourth-order valence-corrected chi connectivity index (χ4v) is 2.29. The van der Waals surface area contributed by atoms with E-state index in [-0.39, 0.29) is 0 Å². The number of rotatable bonds is 2. The first-order valence-corrected chi connectivity index (χ1v) is 6.72. The summed E-state index contributed by atoms with van der Waals surface area (Å²) in [6.07, 6.45) is 1.90. The number of aromatic nitrogens is 3. The molecule has 0 saturated carbocycles. The second-order valence-corrected chi connectivity index (χ2v) is 5.40. The molecule has 0 aromatic carbocycles. The van der Waals surface area contributed by atoms with Gasteiger partial charge in [0, 0.05) is 36.8 Å². The van der Waals surface area contributed by atoms with Crippen LogP contribution in [0, 0.1) is 0 Å². The van der Waals surface area contributed by atoms with Crippen LogP contribution < -0.4 is 5.43 Å². The molecule has 96 valence electrons. The molecule has 0 spiro atoms. The van der Waals surface area contributed by atoms with E-state index in [1.165, 1.54) is 0 Å². The minimum Gasteiger partial charge on any atom is -0.304 e. The molecule has 0 radical (unpaired) electrons. The average Bonchev–Trinajstić information content (AvgIpc) is 2.73. The first kappa shape index (κ1) is 11.9. The fraction of sp³-hybridized carbons (Fsp3) is 0.455. The standard InChI is InChI=1S/C11H15BrN6/c1-16-4-6-17(7-5-16)14-11-13-10-3-2-9(12)8-18(10)15-11/h2-3,8H,4-7H2,1H3,(H,14,15). The Morgan fingerprint density at radius 3 is 2.78 bits per heavy atom. The second kappa shape index (κ2) is 4.83. The van der Waals surface area contributed by atoms with E-state index in [0.29, 0.717) is 5.95 Å². The molecule has 0 amide bonds. The van der Waals surface area contributed by atoms with Gasteiger partial charge in [0.2, 0.25) is 0 Å². The highest BCUT2D eigenvalue weighted by molar-refractivity contribution is 9.10. The summed E-state index contributed by atoms with van der Waals surface area (Å²) < 4.78 is 2.76. The van der Waals surface area contributed by atoms with Gasteiger partial charge in [-0.3, -0.25) is 5.43 Å². The Kier molecular flexibility index (Phi) is 3.19.